The van der Waals surface area contributed by atoms with Crippen molar-refractivity contribution in [2.75, 3.05) is 6.61 Å². The molecule has 0 bridgehead atoms. The summed E-state index contributed by atoms with van der Waals surface area (Å²) < 4.78 is 30.7. The topological polar surface area (TPSA) is 9.23 Å². The summed E-state index contributed by atoms with van der Waals surface area (Å²) >= 11 is 0. The molecule has 0 fully saturated rings. The number of fused-ring (bicyclic) bond motifs is 1. The van der Waals surface area contributed by atoms with Gasteiger partial charge in [0.05, 0.1) is 5.56 Å². The van der Waals surface area contributed by atoms with Crippen LogP contribution in [-0.2, 0) is 0 Å². The Labute approximate surface area is 68.3 Å². The van der Waals surface area contributed by atoms with Gasteiger partial charge in [-0.1, -0.05) is 0 Å². The van der Waals surface area contributed by atoms with Crippen LogP contribution in [0, 0.1) is 11.6 Å². The Morgan fingerprint density at radius 2 is 2.08 bits per heavy atom. The van der Waals surface area contributed by atoms with Crippen LogP contribution in [0.15, 0.2) is 18.2 Å². The molecule has 62 valence electrons. The monoisotopic (exact) mass is 168 g/mol. The summed E-state index contributed by atoms with van der Waals surface area (Å²) in [4.78, 5) is 0. The molecule has 1 aromatic rings. The Kier molecular flexibility index (Phi) is 1.57. The highest BCUT2D eigenvalue weighted by Gasteiger charge is 2.13. The number of ether oxygens (including phenoxy) is 1. The zero-order chi connectivity index (χ0) is 8.55. The average Bonchev–Trinajstić information content (AvgIpc) is 2.12. The smallest absolute Gasteiger partial charge is 0.169 e. The van der Waals surface area contributed by atoms with Crippen molar-refractivity contribution in [2.24, 2.45) is 0 Å². The van der Waals surface area contributed by atoms with Crippen molar-refractivity contribution in [1.82, 2.24) is 0 Å². The first-order chi connectivity index (χ1) is 5.79. The van der Waals surface area contributed by atoms with E-state index in [2.05, 4.69) is 0 Å². The van der Waals surface area contributed by atoms with Crippen molar-refractivity contribution >= 4 is 6.08 Å². The van der Waals surface area contributed by atoms with Crippen LogP contribution in [0.1, 0.15) is 5.56 Å². The van der Waals surface area contributed by atoms with E-state index >= 15 is 0 Å². The van der Waals surface area contributed by atoms with Gasteiger partial charge in [0, 0.05) is 0 Å². The highest BCUT2D eigenvalue weighted by Crippen LogP contribution is 2.27. The fourth-order valence-electron chi connectivity index (χ4n) is 1.13. The normalized spacial score (nSPS) is 13.8. The summed E-state index contributed by atoms with van der Waals surface area (Å²) in [5, 5.41) is 0. The van der Waals surface area contributed by atoms with Crippen LogP contribution in [0.25, 0.3) is 6.08 Å². The minimum atomic E-state index is -0.844. The third-order valence-electron chi connectivity index (χ3n) is 1.71. The molecule has 1 aliphatic heterocycles. The number of hydrogen-bond acceptors (Lipinski definition) is 1. The van der Waals surface area contributed by atoms with Crippen LogP contribution in [0.5, 0.6) is 5.75 Å². The molecule has 0 amide bonds. The molecule has 2 rings (SSSR count). The first-order valence-corrected chi connectivity index (χ1v) is 3.56. The molecule has 0 N–H and O–H groups in total. The fourth-order valence-corrected chi connectivity index (χ4v) is 1.13. The Balaban J connectivity index is 2.64. The Morgan fingerprint density at radius 3 is 2.92 bits per heavy atom. The van der Waals surface area contributed by atoms with Crippen LogP contribution >= 0.6 is 0 Å². The summed E-state index contributed by atoms with van der Waals surface area (Å²) in [7, 11) is 0. The molecule has 1 aromatic carbocycles. The molecule has 3 heteroatoms. The van der Waals surface area contributed by atoms with Crippen LogP contribution in [0.4, 0.5) is 8.78 Å². The Hall–Kier alpha value is -1.38. The van der Waals surface area contributed by atoms with Crippen molar-refractivity contribution in [3.05, 3.63) is 35.4 Å². The first-order valence-electron chi connectivity index (χ1n) is 3.56. The number of benzene rings is 1. The lowest BCUT2D eigenvalue weighted by molar-refractivity contribution is 0.352. The van der Waals surface area contributed by atoms with E-state index in [-0.39, 0.29) is 5.56 Å². The Morgan fingerprint density at radius 1 is 1.25 bits per heavy atom. The van der Waals surface area contributed by atoms with Gasteiger partial charge in [0.1, 0.15) is 12.4 Å². The van der Waals surface area contributed by atoms with Crippen molar-refractivity contribution in [3.63, 3.8) is 0 Å². The van der Waals surface area contributed by atoms with Gasteiger partial charge in [0.2, 0.25) is 0 Å². The van der Waals surface area contributed by atoms with Crippen LogP contribution < -0.4 is 4.74 Å². The van der Waals surface area contributed by atoms with Gasteiger partial charge < -0.3 is 4.74 Å². The third kappa shape index (κ3) is 0.978. The highest BCUT2D eigenvalue weighted by atomic mass is 19.2. The molecule has 1 heterocycles. The number of hydrogen-bond donors (Lipinski definition) is 0. The van der Waals surface area contributed by atoms with Crippen LogP contribution in [0.2, 0.25) is 0 Å². The van der Waals surface area contributed by atoms with E-state index in [1.807, 2.05) is 0 Å². The van der Waals surface area contributed by atoms with Crippen molar-refractivity contribution in [1.29, 1.82) is 0 Å². The lowest BCUT2D eigenvalue weighted by Gasteiger charge is -2.12. The molecule has 0 saturated carbocycles. The van der Waals surface area contributed by atoms with E-state index in [4.69, 9.17) is 4.74 Å². The van der Waals surface area contributed by atoms with Gasteiger partial charge in [0.15, 0.2) is 11.6 Å². The van der Waals surface area contributed by atoms with E-state index in [0.717, 1.165) is 6.07 Å². The summed E-state index contributed by atoms with van der Waals surface area (Å²) in [6, 6.07) is 2.49. The zero-order valence-corrected chi connectivity index (χ0v) is 6.18. The molecule has 0 spiro atoms. The van der Waals surface area contributed by atoms with Gasteiger partial charge in [-0.2, -0.15) is 0 Å². The maximum Gasteiger partial charge on any atom is 0.169 e. The summed E-state index contributed by atoms with van der Waals surface area (Å²) in [6.45, 7) is 0.415. The molecule has 0 unspecified atom stereocenters. The van der Waals surface area contributed by atoms with Crippen LogP contribution in [0.3, 0.4) is 0 Å². The molecule has 1 nitrogen and oxygen atoms in total. The largest absolute Gasteiger partial charge is 0.489 e. The molecule has 1 aliphatic rings. The van der Waals surface area contributed by atoms with Gasteiger partial charge in [-0.05, 0) is 24.3 Å². The first kappa shape index (κ1) is 7.28. The lowest BCUT2D eigenvalue weighted by Crippen LogP contribution is -2.03. The predicted molar refractivity (Wildman–Crippen MR) is 40.9 cm³/mol. The zero-order valence-electron chi connectivity index (χ0n) is 6.18. The second kappa shape index (κ2) is 2.59. The summed E-state index contributed by atoms with van der Waals surface area (Å²) in [5.74, 6) is -1.29. The second-order valence-electron chi connectivity index (χ2n) is 2.49. The van der Waals surface area contributed by atoms with Gasteiger partial charge >= 0.3 is 0 Å². The Bertz CT molecular complexity index is 345. The summed E-state index contributed by atoms with van der Waals surface area (Å²) in [5.41, 5.74) is 0.196. The van der Waals surface area contributed by atoms with Crippen molar-refractivity contribution < 1.29 is 13.5 Å². The third-order valence-corrected chi connectivity index (χ3v) is 1.71. The van der Waals surface area contributed by atoms with E-state index < -0.39 is 11.6 Å². The minimum absolute atomic E-state index is 0.196. The molecular formula is C9H6F2O. The standard InChI is InChI=1S/C9H6F2O/c10-7-3-4-8-6(9(7)11)2-1-5-12-8/h1-4H,5H2. The molecule has 0 aromatic heterocycles. The van der Waals surface area contributed by atoms with E-state index in [1.165, 1.54) is 12.1 Å². The molecule has 0 radical (unpaired) electrons. The number of rotatable bonds is 0. The maximum absolute atomic E-state index is 13.0. The van der Waals surface area contributed by atoms with Gasteiger partial charge in [-0.15, -0.1) is 0 Å². The second-order valence-corrected chi connectivity index (χ2v) is 2.49. The molecule has 12 heavy (non-hydrogen) atoms. The predicted octanol–water partition coefficient (Wildman–Crippen LogP) is 2.37. The summed E-state index contributed by atoms with van der Waals surface area (Å²) in [6.07, 6.45) is 3.17. The minimum Gasteiger partial charge on any atom is -0.489 e. The van der Waals surface area contributed by atoms with Crippen LogP contribution in [-0.4, -0.2) is 6.61 Å². The van der Waals surface area contributed by atoms with Gasteiger partial charge in [-0.25, -0.2) is 8.78 Å². The van der Waals surface area contributed by atoms with Crippen molar-refractivity contribution in [3.8, 4) is 5.75 Å². The lowest BCUT2D eigenvalue weighted by atomic mass is 10.1. The van der Waals surface area contributed by atoms with Crippen molar-refractivity contribution in [2.45, 2.75) is 0 Å². The molecular weight excluding hydrogens is 162 g/mol. The van der Waals surface area contributed by atoms with E-state index in [1.54, 1.807) is 6.08 Å². The molecule has 0 aliphatic carbocycles. The van der Waals surface area contributed by atoms with Gasteiger partial charge in [0.25, 0.3) is 0 Å². The fraction of sp³-hybridized carbons (Fsp3) is 0.111. The van der Waals surface area contributed by atoms with Gasteiger partial charge in [-0.3, -0.25) is 0 Å². The average molecular weight is 168 g/mol. The molecule has 0 atom stereocenters. The molecule has 0 saturated heterocycles. The van der Waals surface area contributed by atoms with E-state index in [9.17, 15) is 8.78 Å². The quantitative estimate of drug-likeness (QED) is 0.577. The number of halogens is 2. The van der Waals surface area contributed by atoms with E-state index in [0.29, 0.717) is 12.4 Å². The SMILES string of the molecule is Fc1ccc2c(c1F)C=CCO2. The maximum atomic E-state index is 13.0. The highest BCUT2D eigenvalue weighted by molar-refractivity contribution is 5.59.